The van der Waals surface area contributed by atoms with E-state index in [1.165, 1.54) is 5.56 Å². The summed E-state index contributed by atoms with van der Waals surface area (Å²) in [7, 11) is 1.91. The van der Waals surface area contributed by atoms with Gasteiger partial charge in [0.2, 0.25) is 0 Å². The predicted octanol–water partition coefficient (Wildman–Crippen LogP) is 4.47. The second-order valence-corrected chi connectivity index (χ2v) is 7.41. The molecule has 4 aromatic rings. The Morgan fingerprint density at radius 1 is 1.03 bits per heavy atom. The van der Waals surface area contributed by atoms with Crippen LogP contribution in [0, 0.1) is 0 Å². The molecule has 5 heteroatoms. The molecule has 0 N–H and O–H groups in total. The molecule has 0 saturated heterocycles. The van der Waals surface area contributed by atoms with Crippen molar-refractivity contribution in [3.8, 4) is 11.3 Å². The third-order valence-corrected chi connectivity index (χ3v) is 5.48. The van der Waals surface area contributed by atoms with Gasteiger partial charge in [-0.25, -0.2) is 0 Å². The first-order chi connectivity index (χ1) is 14.2. The monoisotopic (exact) mass is 383 g/mol. The zero-order chi connectivity index (χ0) is 19.8. The van der Waals surface area contributed by atoms with Crippen LogP contribution in [0.5, 0.6) is 0 Å². The van der Waals surface area contributed by atoms with Crippen LogP contribution in [-0.2, 0) is 13.6 Å². The van der Waals surface area contributed by atoms with Crippen LogP contribution < -0.4 is 0 Å². The minimum Gasteiger partial charge on any atom is -0.451 e. The predicted molar refractivity (Wildman–Crippen MR) is 110 cm³/mol. The normalized spacial score (nSPS) is 15.9. The zero-order valence-electron chi connectivity index (χ0n) is 16.2. The third kappa shape index (κ3) is 3.25. The fraction of sp³-hybridized carbons (Fsp3) is 0.167. The van der Waals surface area contributed by atoms with E-state index < -0.39 is 0 Å². The van der Waals surface area contributed by atoms with Crippen molar-refractivity contribution in [2.45, 2.75) is 12.5 Å². The highest BCUT2D eigenvalue weighted by Gasteiger charge is 2.31. The maximum absolute atomic E-state index is 13.2. The van der Waals surface area contributed by atoms with Crippen LogP contribution in [0.2, 0.25) is 0 Å². The number of aryl methyl sites for hydroxylation is 1. The highest BCUT2D eigenvalue weighted by Crippen LogP contribution is 2.34. The number of amides is 1. The Hall–Kier alpha value is -3.60. The first-order valence-corrected chi connectivity index (χ1v) is 9.70. The first-order valence-electron chi connectivity index (χ1n) is 9.70. The summed E-state index contributed by atoms with van der Waals surface area (Å²) in [5, 5.41) is 4.32. The fourth-order valence-electron chi connectivity index (χ4n) is 4.03. The van der Waals surface area contributed by atoms with Gasteiger partial charge < -0.3 is 9.32 Å². The molecule has 1 atom stereocenters. The Bertz CT molecular complexity index is 1160. The summed E-state index contributed by atoms with van der Waals surface area (Å²) in [5.74, 6) is 1.08. The number of rotatable bonds is 3. The molecule has 144 valence electrons. The van der Waals surface area contributed by atoms with Gasteiger partial charge in [0, 0.05) is 37.8 Å². The van der Waals surface area contributed by atoms with Crippen LogP contribution in [-0.4, -0.2) is 27.1 Å². The smallest absolute Gasteiger partial charge is 0.289 e. The second-order valence-electron chi connectivity index (χ2n) is 7.41. The van der Waals surface area contributed by atoms with Gasteiger partial charge in [-0.15, -0.1) is 0 Å². The molecule has 0 spiro atoms. The van der Waals surface area contributed by atoms with Crippen molar-refractivity contribution < 1.29 is 9.21 Å². The highest BCUT2D eigenvalue weighted by molar-refractivity contribution is 5.92. The molecule has 5 rings (SSSR count). The number of nitrogens with zero attached hydrogens (tertiary/aromatic N) is 3. The van der Waals surface area contributed by atoms with Crippen LogP contribution in [0.1, 0.15) is 33.2 Å². The topological polar surface area (TPSA) is 51.3 Å². The van der Waals surface area contributed by atoms with Gasteiger partial charge in [0.15, 0.2) is 5.76 Å². The van der Waals surface area contributed by atoms with Crippen LogP contribution in [0.25, 0.3) is 11.3 Å². The van der Waals surface area contributed by atoms with Crippen molar-refractivity contribution in [3.63, 3.8) is 0 Å². The standard InChI is InChI=1S/C24H21N3O2/c1-26-14-19(13-25-26)21-16-27(15-18-9-5-6-10-20(18)21)24(28)23-12-11-22(29-23)17-7-3-2-4-8-17/h2-14,21H,15-16H2,1H3. The lowest BCUT2D eigenvalue weighted by atomic mass is 9.86. The van der Waals surface area contributed by atoms with E-state index in [0.29, 0.717) is 24.6 Å². The maximum Gasteiger partial charge on any atom is 0.289 e. The van der Waals surface area contributed by atoms with E-state index in [1.54, 1.807) is 10.7 Å². The van der Waals surface area contributed by atoms with E-state index in [9.17, 15) is 4.79 Å². The van der Waals surface area contributed by atoms with Crippen molar-refractivity contribution >= 4 is 5.91 Å². The van der Waals surface area contributed by atoms with Crippen molar-refractivity contribution in [2.75, 3.05) is 6.54 Å². The lowest BCUT2D eigenvalue weighted by Gasteiger charge is -2.34. The minimum atomic E-state index is -0.0874. The molecule has 29 heavy (non-hydrogen) atoms. The average molecular weight is 383 g/mol. The summed E-state index contributed by atoms with van der Waals surface area (Å²) in [6.45, 7) is 1.18. The second kappa shape index (κ2) is 7.09. The van der Waals surface area contributed by atoms with E-state index >= 15 is 0 Å². The Morgan fingerprint density at radius 2 is 1.83 bits per heavy atom. The number of hydrogen-bond donors (Lipinski definition) is 0. The van der Waals surface area contributed by atoms with Gasteiger partial charge in [-0.1, -0.05) is 54.6 Å². The van der Waals surface area contributed by atoms with Gasteiger partial charge in [-0.3, -0.25) is 9.48 Å². The average Bonchev–Trinajstić information content (AvgIpc) is 3.42. The lowest BCUT2D eigenvalue weighted by Crippen LogP contribution is -2.38. The molecule has 1 aliphatic rings. The molecule has 0 fully saturated rings. The number of benzene rings is 2. The van der Waals surface area contributed by atoms with Gasteiger partial charge in [0.1, 0.15) is 5.76 Å². The number of carbonyl (C=O) groups excluding carboxylic acids is 1. The lowest BCUT2D eigenvalue weighted by molar-refractivity contribution is 0.0693. The van der Waals surface area contributed by atoms with Crippen LogP contribution in [0.15, 0.2) is 83.5 Å². The third-order valence-electron chi connectivity index (χ3n) is 5.48. The number of furan rings is 1. The summed E-state index contributed by atoms with van der Waals surface area (Å²) in [4.78, 5) is 15.1. The molecule has 2 aromatic carbocycles. The molecule has 1 aliphatic heterocycles. The Morgan fingerprint density at radius 3 is 2.62 bits per heavy atom. The molecule has 0 bridgehead atoms. The number of hydrogen-bond acceptors (Lipinski definition) is 3. The van der Waals surface area contributed by atoms with Crippen molar-refractivity contribution in [1.29, 1.82) is 0 Å². The highest BCUT2D eigenvalue weighted by atomic mass is 16.4. The van der Waals surface area contributed by atoms with E-state index in [0.717, 1.165) is 16.7 Å². The van der Waals surface area contributed by atoms with E-state index in [1.807, 2.05) is 66.8 Å². The molecule has 0 aliphatic carbocycles. The van der Waals surface area contributed by atoms with Crippen LogP contribution in [0.4, 0.5) is 0 Å². The van der Waals surface area contributed by atoms with Crippen molar-refractivity contribution in [2.24, 2.45) is 7.05 Å². The van der Waals surface area contributed by atoms with E-state index in [2.05, 4.69) is 23.3 Å². The molecular formula is C24H21N3O2. The zero-order valence-corrected chi connectivity index (χ0v) is 16.2. The molecule has 5 nitrogen and oxygen atoms in total. The minimum absolute atomic E-state index is 0.0874. The maximum atomic E-state index is 13.2. The van der Waals surface area contributed by atoms with Crippen LogP contribution in [0.3, 0.4) is 0 Å². The Kier molecular flexibility index (Phi) is 4.28. The van der Waals surface area contributed by atoms with Gasteiger partial charge in [-0.2, -0.15) is 5.10 Å². The summed E-state index contributed by atoms with van der Waals surface area (Å²) in [6.07, 6.45) is 3.91. The molecule has 0 saturated carbocycles. The Balaban J connectivity index is 1.46. The quantitative estimate of drug-likeness (QED) is 0.525. The first kappa shape index (κ1) is 17.5. The van der Waals surface area contributed by atoms with Gasteiger partial charge in [-0.05, 0) is 28.8 Å². The summed E-state index contributed by atoms with van der Waals surface area (Å²) < 4.78 is 7.71. The summed E-state index contributed by atoms with van der Waals surface area (Å²) in [6, 6.07) is 21.8. The molecule has 1 amide bonds. The number of carbonyl (C=O) groups is 1. The molecule has 0 radical (unpaired) electrons. The van der Waals surface area contributed by atoms with Gasteiger partial charge in [0.25, 0.3) is 5.91 Å². The Labute approximate surface area is 169 Å². The van der Waals surface area contributed by atoms with Gasteiger partial charge >= 0.3 is 0 Å². The fourth-order valence-corrected chi connectivity index (χ4v) is 4.03. The van der Waals surface area contributed by atoms with Crippen molar-refractivity contribution in [3.05, 3.63) is 102 Å². The largest absolute Gasteiger partial charge is 0.451 e. The SMILES string of the molecule is Cn1cc(C2CN(C(=O)c3ccc(-c4ccccc4)o3)Cc3ccccc32)cn1. The molecule has 1 unspecified atom stereocenters. The summed E-state index contributed by atoms with van der Waals surface area (Å²) >= 11 is 0. The van der Waals surface area contributed by atoms with Gasteiger partial charge in [0.05, 0.1) is 6.20 Å². The molecular weight excluding hydrogens is 362 g/mol. The van der Waals surface area contributed by atoms with E-state index in [-0.39, 0.29) is 11.8 Å². The van der Waals surface area contributed by atoms with E-state index in [4.69, 9.17) is 4.42 Å². The van der Waals surface area contributed by atoms with Crippen LogP contribution >= 0.6 is 0 Å². The van der Waals surface area contributed by atoms with Crippen molar-refractivity contribution in [1.82, 2.24) is 14.7 Å². The number of fused-ring (bicyclic) bond motifs is 1. The summed E-state index contributed by atoms with van der Waals surface area (Å²) in [5.41, 5.74) is 4.50. The number of aromatic nitrogens is 2. The molecule has 3 heterocycles. The molecule has 2 aromatic heterocycles.